The van der Waals surface area contributed by atoms with Crippen molar-refractivity contribution in [1.29, 1.82) is 0 Å². The van der Waals surface area contributed by atoms with Gasteiger partial charge in [0.25, 0.3) is 0 Å². The average molecular weight is 124 g/mol. The van der Waals surface area contributed by atoms with Crippen molar-refractivity contribution >= 4 is 11.5 Å². The highest BCUT2D eigenvalue weighted by molar-refractivity contribution is 7.03. The van der Waals surface area contributed by atoms with Crippen molar-refractivity contribution in [1.82, 2.24) is 9.59 Å². The van der Waals surface area contributed by atoms with Crippen molar-refractivity contribution in [2.24, 2.45) is 0 Å². The molecule has 0 atom stereocenters. The largest absolute Gasteiger partial charge is 0.142 e. The molecule has 0 unspecified atom stereocenters. The van der Waals surface area contributed by atoms with E-state index in [1.807, 2.05) is 5.38 Å². The van der Waals surface area contributed by atoms with Crippen LogP contribution in [0.2, 0.25) is 0 Å². The van der Waals surface area contributed by atoms with Gasteiger partial charge in [0, 0.05) is 5.38 Å². The molecule has 0 radical (unpaired) electrons. The molecule has 40 valence electrons. The van der Waals surface area contributed by atoms with Crippen LogP contribution in [0.25, 0.3) is 0 Å². The number of hydrogen-bond acceptors (Lipinski definition) is 3. The zero-order chi connectivity index (χ0) is 5.82. The molecule has 2 nitrogen and oxygen atoms in total. The summed E-state index contributed by atoms with van der Waals surface area (Å²) in [5.74, 6) is 2.47. The summed E-state index contributed by atoms with van der Waals surface area (Å²) < 4.78 is 3.64. The fourth-order valence-electron chi connectivity index (χ4n) is 0.366. The highest BCUT2D eigenvalue weighted by Gasteiger charge is 1.88. The Morgan fingerprint density at radius 3 is 3.25 bits per heavy atom. The SMILES string of the molecule is C#CCc1csnn1. The van der Waals surface area contributed by atoms with Gasteiger partial charge in [0.05, 0.1) is 12.1 Å². The molecule has 0 spiro atoms. The van der Waals surface area contributed by atoms with Crippen LogP contribution in [0.15, 0.2) is 5.38 Å². The Kier molecular flexibility index (Phi) is 1.60. The van der Waals surface area contributed by atoms with Crippen molar-refractivity contribution in [3.63, 3.8) is 0 Å². The van der Waals surface area contributed by atoms with Crippen LogP contribution in [0.5, 0.6) is 0 Å². The van der Waals surface area contributed by atoms with E-state index >= 15 is 0 Å². The maximum absolute atomic E-state index is 5.01. The Balaban J connectivity index is 2.67. The molecule has 0 aliphatic carbocycles. The van der Waals surface area contributed by atoms with Crippen LogP contribution < -0.4 is 0 Å². The fraction of sp³-hybridized carbons (Fsp3) is 0.200. The molecule has 8 heavy (non-hydrogen) atoms. The molecule has 0 aromatic carbocycles. The molecule has 1 heterocycles. The molecule has 0 saturated carbocycles. The lowest BCUT2D eigenvalue weighted by Crippen LogP contribution is -1.78. The molecule has 0 aliphatic rings. The third-order valence-electron chi connectivity index (χ3n) is 0.688. The van der Waals surface area contributed by atoms with Gasteiger partial charge in [-0.05, 0) is 11.5 Å². The van der Waals surface area contributed by atoms with Crippen molar-refractivity contribution in [2.45, 2.75) is 6.42 Å². The maximum Gasteiger partial charge on any atom is 0.0874 e. The lowest BCUT2D eigenvalue weighted by molar-refractivity contribution is 1.05. The van der Waals surface area contributed by atoms with Gasteiger partial charge in [-0.1, -0.05) is 4.49 Å². The van der Waals surface area contributed by atoms with E-state index in [4.69, 9.17) is 6.42 Å². The summed E-state index contributed by atoms with van der Waals surface area (Å²) in [7, 11) is 0. The van der Waals surface area contributed by atoms with E-state index < -0.39 is 0 Å². The van der Waals surface area contributed by atoms with Crippen molar-refractivity contribution < 1.29 is 0 Å². The van der Waals surface area contributed by atoms with Crippen LogP contribution in [0.1, 0.15) is 5.69 Å². The molecule has 0 amide bonds. The van der Waals surface area contributed by atoms with Crippen LogP contribution in [-0.2, 0) is 6.42 Å². The highest BCUT2D eigenvalue weighted by Crippen LogP contribution is 1.95. The minimum Gasteiger partial charge on any atom is -0.142 e. The van der Waals surface area contributed by atoms with Crippen molar-refractivity contribution in [3.05, 3.63) is 11.1 Å². The van der Waals surface area contributed by atoms with Gasteiger partial charge in [0.15, 0.2) is 0 Å². The van der Waals surface area contributed by atoms with Crippen molar-refractivity contribution in [2.75, 3.05) is 0 Å². The first-order chi connectivity index (χ1) is 3.93. The van der Waals surface area contributed by atoms with Gasteiger partial charge >= 0.3 is 0 Å². The van der Waals surface area contributed by atoms with E-state index in [0.717, 1.165) is 5.69 Å². The Morgan fingerprint density at radius 2 is 2.75 bits per heavy atom. The van der Waals surface area contributed by atoms with Crippen LogP contribution in [0, 0.1) is 12.3 Å². The average Bonchev–Trinajstić information content (AvgIpc) is 2.19. The molecule has 0 bridgehead atoms. The van der Waals surface area contributed by atoms with Crippen LogP contribution >= 0.6 is 11.5 Å². The summed E-state index contributed by atoms with van der Waals surface area (Å²) in [6.07, 6.45) is 5.60. The zero-order valence-corrected chi connectivity index (χ0v) is 4.98. The van der Waals surface area contributed by atoms with E-state index in [2.05, 4.69) is 15.5 Å². The summed E-state index contributed by atoms with van der Waals surface area (Å²) in [6, 6.07) is 0. The molecule has 0 fully saturated rings. The second-order valence-corrected chi connectivity index (χ2v) is 1.89. The van der Waals surface area contributed by atoms with Gasteiger partial charge in [0.1, 0.15) is 0 Å². The van der Waals surface area contributed by atoms with E-state index in [1.165, 1.54) is 11.5 Å². The van der Waals surface area contributed by atoms with Gasteiger partial charge in [-0.25, -0.2) is 0 Å². The number of rotatable bonds is 1. The standard InChI is InChI=1S/C5H4N2S/c1-2-3-5-4-8-7-6-5/h1,4H,3H2. The maximum atomic E-state index is 5.01. The van der Waals surface area contributed by atoms with E-state index in [9.17, 15) is 0 Å². The highest BCUT2D eigenvalue weighted by atomic mass is 32.1. The lowest BCUT2D eigenvalue weighted by Gasteiger charge is -1.75. The summed E-state index contributed by atoms with van der Waals surface area (Å²) >= 11 is 1.32. The quantitative estimate of drug-likeness (QED) is 0.515. The Labute approximate surface area is 51.7 Å². The second kappa shape index (κ2) is 2.43. The summed E-state index contributed by atoms with van der Waals surface area (Å²) in [4.78, 5) is 0. The zero-order valence-electron chi connectivity index (χ0n) is 4.16. The minimum atomic E-state index is 0.594. The molecule has 0 N–H and O–H groups in total. The topological polar surface area (TPSA) is 25.8 Å². The predicted molar refractivity (Wildman–Crippen MR) is 32.4 cm³/mol. The molecular formula is C5H4N2S. The summed E-state index contributed by atoms with van der Waals surface area (Å²) in [6.45, 7) is 0. The number of aromatic nitrogens is 2. The van der Waals surface area contributed by atoms with Gasteiger partial charge < -0.3 is 0 Å². The number of terminal acetylenes is 1. The molecule has 1 aromatic heterocycles. The van der Waals surface area contributed by atoms with E-state index in [0.29, 0.717) is 6.42 Å². The number of hydrogen-bond donors (Lipinski definition) is 0. The first-order valence-corrected chi connectivity index (χ1v) is 2.96. The van der Waals surface area contributed by atoms with Gasteiger partial charge in [0.2, 0.25) is 0 Å². The normalized spacial score (nSPS) is 8.38. The van der Waals surface area contributed by atoms with Crippen molar-refractivity contribution in [3.8, 4) is 12.3 Å². The fourth-order valence-corrected chi connectivity index (χ4v) is 0.817. The molecule has 0 saturated heterocycles. The third kappa shape index (κ3) is 1.04. The second-order valence-electron chi connectivity index (χ2n) is 1.28. The monoisotopic (exact) mass is 124 g/mol. The van der Waals surface area contributed by atoms with Crippen LogP contribution in [0.4, 0.5) is 0 Å². The van der Waals surface area contributed by atoms with Gasteiger partial charge in [-0.3, -0.25) is 0 Å². The van der Waals surface area contributed by atoms with Gasteiger partial charge in [-0.2, -0.15) is 0 Å². The molecular weight excluding hydrogens is 120 g/mol. The molecule has 0 aliphatic heterocycles. The third-order valence-corrected chi connectivity index (χ3v) is 1.24. The van der Waals surface area contributed by atoms with Gasteiger partial charge in [-0.15, -0.1) is 17.4 Å². The minimum absolute atomic E-state index is 0.594. The molecule has 3 heteroatoms. The number of nitrogens with zero attached hydrogens (tertiary/aromatic N) is 2. The first kappa shape index (κ1) is 5.26. The Morgan fingerprint density at radius 1 is 1.88 bits per heavy atom. The summed E-state index contributed by atoms with van der Waals surface area (Å²) in [5, 5.41) is 5.58. The van der Waals surface area contributed by atoms with E-state index in [-0.39, 0.29) is 0 Å². The first-order valence-electron chi connectivity index (χ1n) is 2.13. The molecule has 1 aromatic rings. The van der Waals surface area contributed by atoms with Crippen LogP contribution in [-0.4, -0.2) is 9.59 Å². The Hall–Kier alpha value is -0.880. The smallest absolute Gasteiger partial charge is 0.0874 e. The summed E-state index contributed by atoms with van der Waals surface area (Å²) in [5.41, 5.74) is 0.887. The van der Waals surface area contributed by atoms with Crippen LogP contribution in [0.3, 0.4) is 0 Å². The predicted octanol–water partition coefficient (Wildman–Crippen LogP) is 0.714. The Bertz CT molecular complexity index is 185. The lowest BCUT2D eigenvalue weighted by atomic mass is 10.4. The molecule has 1 rings (SSSR count). The van der Waals surface area contributed by atoms with E-state index in [1.54, 1.807) is 0 Å².